The van der Waals surface area contributed by atoms with Gasteiger partial charge in [-0.15, -0.1) is 0 Å². The van der Waals surface area contributed by atoms with Crippen molar-refractivity contribution < 1.29 is 4.74 Å². The monoisotopic (exact) mass is 630 g/mol. The van der Waals surface area contributed by atoms with Gasteiger partial charge in [-0.3, -0.25) is 9.58 Å². The van der Waals surface area contributed by atoms with Crippen LogP contribution in [0.1, 0.15) is 12.8 Å². The fourth-order valence-corrected chi connectivity index (χ4v) is 6.07. The first-order valence-electron chi connectivity index (χ1n) is 14.4. The van der Waals surface area contributed by atoms with Gasteiger partial charge in [0, 0.05) is 99.4 Å². The maximum Gasteiger partial charge on any atom is 0.229 e. The van der Waals surface area contributed by atoms with E-state index < -0.39 is 0 Å². The molecule has 4 aromatic rings. The van der Waals surface area contributed by atoms with Crippen LogP contribution in [0.15, 0.2) is 59.5 Å². The van der Waals surface area contributed by atoms with E-state index in [0.717, 1.165) is 90.5 Å². The van der Waals surface area contributed by atoms with Crippen LogP contribution in [0.4, 0.5) is 28.8 Å². The van der Waals surface area contributed by atoms with Crippen LogP contribution in [-0.4, -0.2) is 89.0 Å². The fourth-order valence-electron chi connectivity index (χ4n) is 5.78. The summed E-state index contributed by atoms with van der Waals surface area (Å²) in [5, 5.41) is 11.2. The first-order chi connectivity index (χ1) is 20.5. The summed E-state index contributed by atoms with van der Waals surface area (Å²) in [6.07, 6.45) is 8.01. The molecule has 2 N–H and O–H groups in total. The number of halogens is 1. The maximum absolute atomic E-state index is 5.91. The van der Waals surface area contributed by atoms with Crippen molar-refractivity contribution in [3.8, 4) is 16.9 Å². The number of hydrogen-bond donors (Lipinski definition) is 2. The normalized spacial score (nSPS) is 16.9. The topological polar surface area (TPSA) is 86.6 Å². The van der Waals surface area contributed by atoms with E-state index in [1.165, 1.54) is 0 Å². The van der Waals surface area contributed by atoms with Crippen molar-refractivity contribution >= 4 is 44.8 Å². The molecular formula is C31H37BrN9O. The number of nitrogens with one attached hydrogen (secondary N) is 2. The van der Waals surface area contributed by atoms with Gasteiger partial charge in [0.15, 0.2) is 0 Å². The molecule has 1 radical (unpaired) electrons. The molecule has 0 amide bonds. The molecule has 0 atom stereocenters. The smallest absolute Gasteiger partial charge is 0.229 e. The predicted molar refractivity (Wildman–Crippen MR) is 171 cm³/mol. The number of nitrogens with zero attached hydrogens (tertiary/aromatic N) is 7. The Hall–Kier alpha value is -3.67. The number of rotatable bonds is 8. The molecule has 2 aromatic carbocycles. The highest BCUT2D eigenvalue weighted by Gasteiger charge is 2.28. The van der Waals surface area contributed by atoms with E-state index in [9.17, 15) is 0 Å². The first-order valence-corrected chi connectivity index (χ1v) is 15.2. The Kier molecular flexibility index (Phi) is 8.59. The number of methoxy groups -OCH3 is 1. The number of aryl methyl sites for hydroxylation is 1. The molecule has 42 heavy (non-hydrogen) atoms. The van der Waals surface area contributed by atoms with Crippen LogP contribution >= 0.6 is 15.9 Å². The SMILES string of the molecule is COc1cc(N2CCC(N3CCN(C)CC3)CC2)c(-c2cnn(C)c2)cc1Nc1ncc(Br)c(Nc2[c]cccc2)n1. The zero-order chi connectivity index (χ0) is 29.1. The summed E-state index contributed by atoms with van der Waals surface area (Å²) in [5.74, 6) is 1.82. The lowest BCUT2D eigenvalue weighted by molar-refractivity contribution is 0.0982. The second kappa shape index (κ2) is 12.7. The zero-order valence-corrected chi connectivity index (χ0v) is 25.9. The minimum atomic E-state index is 0.452. The number of likely N-dealkylation sites (N-methyl/N-ethyl adjacent to an activating group) is 1. The Bertz CT molecular complexity index is 1500. The highest BCUT2D eigenvalue weighted by atomic mass is 79.9. The highest BCUT2D eigenvalue weighted by molar-refractivity contribution is 9.10. The number of aromatic nitrogens is 4. The molecular weight excluding hydrogens is 594 g/mol. The van der Waals surface area contributed by atoms with E-state index in [1.807, 2.05) is 42.2 Å². The summed E-state index contributed by atoms with van der Waals surface area (Å²) in [6.45, 7) is 6.64. The molecule has 11 heteroatoms. The molecule has 2 aliphatic rings. The Labute approximate surface area is 255 Å². The van der Waals surface area contributed by atoms with E-state index in [-0.39, 0.29) is 0 Å². The second-order valence-electron chi connectivity index (χ2n) is 10.9. The molecule has 2 fully saturated rings. The van der Waals surface area contributed by atoms with E-state index in [1.54, 1.807) is 13.3 Å². The van der Waals surface area contributed by atoms with Crippen molar-refractivity contribution in [3.63, 3.8) is 0 Å². The van der Waals surface area contributed by atoms with Gasteiger partial charge < -0.3 is 25.2 Å². The van der Waals surface area contributed by atoms with Crippen LogP contribution < -0.4 is 20.3 Å². The first kappa shape index (κ1) is 28.4. The lowest BCUT2D eigenvalue weighted by Gasteiger charge is -2.43. The minimum Gasteiger partial charge on any atom is -0.494 e. The summed E-state index contributed by atoms with van der Waals surface area (Å²) < 4.78 is 8.51. The molecule has 219 valence electrons. The van der Waals surface area contributed by atoms with Crippen molar-refractivity contribution in [1.29, 1.82) is 0 Å². The van der Waals surface area contributed by atoms with Crippen LogP contribution in [0.2, 0.25) is 0 Å². The number of hydrogen-bond acceptors (Lipinski definition) is 9. The minimum absolute atomic E-state index is 0.452. The third kappa shape index (κ3) is 6.38. The number of piperazine rings is 1. The molecule has 10 nitrogen and oxygen atoms in total. The zero-order valence-electron chi connectivity index (χ0n) is 24.3. The summed E-state index contributed by atoms with van der Waals surface area (Å²) >= 11 is 3.56. The fraction of sp³-hybridized carbons (Fsp3) is 0.387. The summed E-state index contributed by atoms with van der Waals surface area (Å²) in [5.41, 5.74) is 4.91. The van der Waals surface area contributed by atoms with Gasteiger partial charge in [0.1, 0.15) is 11.6 Å². The van der Waals surface area contributed by atoms with Crippen molar-refractivity contribution in [2.24, 2.45) is 7.05 Å². The van der Waals surface area contributed by atoms with Gasteiger partial charge in [-0.05, 0) is 48.0 Å². The van der Waals surface area contributed by atoms with Crippen molar-refractivity contribution in [2.45, 2.75) is 18.9 Å². The van der Waals surface area contributed by atoms with Gasteiger partial charge in [0.05, 0.1) is 23.5 Å². The molecule has 0 aliphatic carbocycles. The number of benzene rings is 2. The van der Waals surface area contributed by atoms with Gasteiger partial charge in [0.25, 0.3) is 0 Å². The van der Waals surface area contributed by atoms with Gasteiger partial charge in [-0.2, -0.15) is 10.1 Å². The molecule has 0 spiro atoms. The Morgan fingerprint density at radius 1 is 1.00 bits per heavy atom. The van der Waals surface area contributed by atoms with Gasteiger partial charge in [-0.25, -0.2) is 4.98 Å². The van der Waals surface area contributed by atoms with E-state index in [2.05, 4.69) is 82.8 Å². The lowest BCUT2D eigenvalue weighted by atomic mass is 9.98. The molecule has 2 saturated heterocycles. The standard InChI is InChI=1S/C31H37BrN9O/c1-38-13-15-40(16-14-38)24-9-11-41(12-10-24)28-18-29(42-3)27(17-25(28)22-19-34-39(2)21-22)36-31-33-20-26(32)30(37-31)35-23-7-5-4-6-8-23/h4-7,17-21,24H,9-16H2,1-3H3,(H2,33,35,36,37). The molecule has 2 aromatic heterocycles. The van der Waals surface area contributed by atoms with Crippen LogP contribution in [-0.2, 0) is 7.05 Å². The summed E-state index contributed by atoms with van der Waals surface area (Å²) in [7, 11) is 5.87. The quantitative estimate of drug-likeness (QED) is 0.274. The van der Waals surface area contributed by atoms with Crippen LogP contribution in [0.5, 0.6) is 5.75 Å². The molecule has 0 saturated carbocycles. The number of piperidine rings is 1. The second-order valence-corrected chi connectivity index (χ2v) is 11.8. The number of anilines is 5. The molecule has 6 rings (SSSR count). The van der Waals surface area contributed by atoms with E-state index in [4.69, 9.17) is 9.72 Å². The summed E-state index contributed by atoms with van der Waals surface area (Å²) in [6, 6.07) is 15.8. The van der Waals surface area contributed by atoms with Gasteiger partial charge >= 0.3 is 0 Å². The van der Waals surface area contributed by atoms with Crippen LogP contribution in [0, 0.1) is 6.07 Å². The molecule has 4 heterocycles. The third-order valence-corrected chi connectivity index (χ3v) is 8.73. The average Bonchev–Trinajstić information content (AvgIpc) is 3.45. The number of para-hydroxylation sites is 1. The Balaban J connectivity index is 1.27. The molecule has 2 aliphatic heterocycles. The van der Waals surface area contributed by atoms with Crippen molar-refractivity contribution in [2.75, 3.05) is 69.0 Å². The molecule has 0 bridgehead atoms. The van der Waals surface area contributed by atoms with Crippen molar-refractivity contribution in [1.82, 2.24) is 29.5 Å². The highest BCUT2D eigenvalue weighted by Crippen LogP contribution is 2.41. The Morgan fingerprint density at radius 2 is 1.81 bits per heavy atom. The summed E-state index contributed by atoms with van der Waals surface area (Å²) in [4.78, 5) is 16.8. The maximum atomic E-state index is 5.91. The molecule has 0 unspecified atom stereocenters. The van der Waals surface area contributed by atoms with Crippen LogP contribution in [0.3, 0.4) is 0 Å². The van der Waals surface area contributed by atoms with Gasteiger partial charge in [0.2, 0.25) is 5.95 Å². The Morgan fingerprint density at radius 3 is 2.50 bits per heavy atom. The predicted octanol–water partition coefficient (Wildman–Crippen LogP) is 5.15. The third-order valence-electron chi connectivity index (χ3n) is 8.15. The lowest BCUT2D eigenvalue weighted by Crippen LogP contribution is -2.52. The largest absolute Gasteiger partial charge is 0.494 e. The van der Waals surface area contributed by atoms with Crippen LogP contribution in [0.25, 0.3) is 11.1 Å². The van der Waals surface area contributed by atoms with E-state index in [0.29, 0.717) is 17.8 Å². The van der Waals surface area contributed by atoms with Crippen molar-refractivity contribution in [3.05, 3.63) is 65.5 Å². The number of ether oxygens (including phenoxy) is 1. The van der Waals surface area contributed by atoms with Gasteiger partial charge in [-0.1, -0.05) is 18.2 Å². The average molecular weight is 632 g/mol. The van der Waals surface area contributed by atoms with E-state index >= 15 is 0 Å².